The molecule has 2 amide bonds. The number of aliphatic imine (C=N–C) groups is 1. The molecule has 0 saturated carbocycles. The molecule has 0 saturated heterocycles. The van der Waals surface area contributed by atoms with Crippen molar-refractivity contribution in [3.05, 3.63) is 101 Å². The molecular weight excluding hydrogens is 464 g/mol. The van der Waals surface area contributed by atoms with Crippen LogP contribution in [0.4, 0.5) is 5.69 Å². The summed E-state index contributed by atoms with van der Waals surface area (Å²) < 4.78 is 5.52. The number of carbonyl (C=O) groups excluding carboxylic acids is 2. The van der Waals surface area contributed by atoms with Gasteiger partial charge in [-0.1, -0.05) is 54.6 Å². The zero-order valence-electron chi connectivity index (χ0n) is 21.9. The summed E-state index contributed by atoms with van der Waals surface area (Å²) in [6, 6.07) is 24.6. The lowest BCUT2D eigenvalue weighted by molar-refractivity contribution is -0.136. The average Bonchev–Trinajstić information content (AvgIpc) is 3.20. The highest BCUT2D eigenvalue weighted by Crippen LogP contribution is 2.27. The normalized spacial score (nSPS) is 14.5. The van der Waals surface area contributed by atoms with Crippen LogP contribution in [-0.2, 0) is 15.0 Å². The average molecular weight is 497 g/mol. The van der Waals surface area contributed by atoms with Crippen LogP contribution in [0.5, 0.6) is 5.75 Å². The smallest absolute Gasteiger partial charge is 0.297 e. The van der Waals surface area contributed by atoms with Crippen LogP contribution in [0.1, 0.15) is 37.5 Å². The molecule has 1 aliphatic heterocycles. The summed E-state index contributed by atoms with van der Waals surface area (Å²) in [5, 5.41) is 1.24. The van der Waals surface area contributed by atoms with Gasteiger partial charge in [0.2, 0.25) is 5.91 Å². The van der Waals surface area contributed by atoms with Crippen molar-refractivity contribution >= 4 is 29.4 Å². The van der Waals surface area contributed by atoms with E-state index in [4.69, 9.17) is 4.74 Å². The van der Waals surface area contributed by atoms with Crippen LogP contribution in [0.2, 0.25) is 0 Å². The Bertz CT molecular complexity index is 1330. The summed E-state index contributed by atoms with van der Waals surface area (Å²) in [5.41, 5.74) is 5.58. The number of ether oxygens (including phenoxy) is 1. The third-order valence-electron chi connectivity index (χ3n) is 6.27. The fraction of sp³-hybridized carbons (Fsp3) is 0.233. The van der Waals surface area contributed by atoms with Crippen LogP contribution >= 0.6 is 0 Å². The number of hydrogen-bond donors (Lipinski definition) is 1. The van der Waals surface area contributed by atoms with E-state index < -0.39 is 11.3 Å². The van der Waals surface area contributed by atoms with Crippen molar-refractivity contribution in [2.24, 2.45) is 4.99 Å². The van der Waals surface area contributed by atoms with Crippen LogP contribution in [0, 0.1) is 0 Å². The first kappa shape index (κ1) is 25.7. The Morgan fingerprint density at radius 3 is 2.24 bits per heavy atom. The van der Waals surface area contributed by atoms with Crippen LogP contribution in [-0.4, -0.2) is 43.4 Å². The minimum atomic E-state index is -0.915. The number of amides is 2. The molecule has 0 aromatic heterocycles. The van der Waals surface area contributed by atoms with Gasteiger partial charge < -0.3 is 9.64 Å². The van der Waals surface area contributed by atoms with Gasteiger partial charge in [0.1, 0.15) is 11.4 Å². The minimum Gasteiger partial charge on any atom is -0.494 e. The highest BCUT2D eigenvalue weighted by Gasteiger charge is 2.37. The maximum absolute atomic E-state index is 13.5. The standard InChI is InChI=1S/C30H32N4O3/c1-6-37-25-18-14-23(15-19-25)30(2,3)29(36)32-34-27(22-10-8-7-9-11-22)31-26(28(34)35)20-21-12-16-24(17-13-21)33(4)5/h7-20H,6H2,1-5H3,(H,32,36). The number of nitrogens with one attached hydrogen (secondary N) is 1. The molecule has 3 aromatic rings. The quantitative estimate of drug-likeness (QED) is 0.455. The zero-order valence-corrected chi connectivity index (χ0v) is 21.9. The molecule has 0 spiro atoms. The van der Waals surface area contributed by atoms with E-state index in [2.05, 4.69) is 10.4 Å². The zero-order chi connectivity index (χ0) is 26.6. The Kier molecular flexibility index (Phi) is 7.43. The van der Waals surface area contributed by atoms with Crippen molar-refractivity contribution in [2.75, 3.05) is 25.6 Å². The van der Waals surface area contributed by atoms with Crippen molar-refractivity contribution in [3.8, 4) is 5.75 Å². The molecule has 0 radical (unpaired) electrons. The van der Waals surface area contributed by atoms with Gasteiger partial charge in [-0.2, -0.15) is 5.01 Å². The van der Waals surface area contributed by atoms with Gasteiger partial charge in [0.15, 0.2) is 5.84 Å². The van der Waals surface area contributed by atoms with E-state index in [9.17, 15) is 9.59 Å². The Morgan fingerprint density at radius 1 is 1.00 bits per heavy atom. The van der Waals surface area contributed by atoms with Crippen LogP contribution in [0.15, 0.2) is 89.6 Å². The van der Waals surface area contributed by atoms with E-state index in [1.54, 1.807) is 6.08 Å². The third-order valence-corrected chi connectivity index (χ3v) is 6.27. The lowest BCUT2D eigenvalue weighted by Gasteiger charge is -2.28. The van der Waals surface area contributed by atoms with Gasteiger partial charge in [0.05, 0.1) is 12.0 Å². The molecule has 3 aromatic carbocycles. The molecule has 7 heteroatoms. The maximum atomic E-state index is 13.5. The van der Waals surface area contributed by atoms with Crippen molar-refractivity contribution in [1.29, 1.82) is 0 Å². The van der Waals surface area contributed by atoms with E-state index in [1.807, 2.05) is 119 Å². The Balaban J connectivity index is 1.63. The van der Waals surface area contributed by atoms with E-state index in [-0.39, 0.29) is 11.6 Å². The maximum Gasteiger partial charge on any atom is 0.297 e. The number of amidine groups is 1. The molecule has 4 rings (SSSR count). The predicted octanol–water partition coefficient (Wildman–Crippen LogP) is 4.79. The number of carbonyl (C=O) groups is 2. The third kappa shape index (κ3) is 5.56. The van der Waals surface area contributed by atoms with Gasteiger partial charge in [0.25, 0.3) is 5.91 Å². The summed E-state index contributed by atoms with van der Waals surface area (Å²) >= 11 is 0. The fourth-order valence-corrected chi connectivity index (χ4v) is 3.93. The summed E-state index contributed by atoms with van der Waals surface area (Å²) in [7, 11) is 3.94. The topological polar surface area (TPSA) is 74.2 Å². The van der Waals surface area contributed by atoms with E-state index in [1.165, 1.54) is 5.01 Å². The molecular formula is C30H32N4O3. The Hall–Kier alpha value is -4.39. The predicted molar refractivity (Wildman–Crippen MR) is 147 cm³/mol. The summed E-state index contributed by atoms with van der Waals surface area (Å²) in [6.07, 6.45) is 1.73. The molecule has 1 N–H and O–H groups in total. The number of rotatable bonds is 8. The van der Waals surface area contributed by atoms with Gasteiger partial charge in [0, 0.05) is 25.3 Å². The highest BCUT2D eigenvalue weighted by molar-refractivity contribution is 6.20. The highest BCUT2D eigenvalue weighted by atomic mass is 16.5. The molecule has 0 bridgehead atoms. The Labute approximate surface area is 218 Å². The number of hydrogen-bond acceptors (Lipinski definition) is 5. The monoisotopic (exact) mass is 496 g/mol. The number of benzene rings is 3. The number of hydrazine groups is 1. The second kappa shape index (κ2) is 10.7. The second-order valence-electron chi connectivity index (χ2n) is 9.48. The number of anilines is 1. The Morgan fingerprint density at radius 2 is 1.65 bits per heavy atom. The molecule has 0 fully saturated rings. The van der Waals surface area contributed by atoms with E-state index in [0.29, 0.717) is 12.4 Å². The largest absolute Gasteiger partial charge is 0.494 e. The summed E-state index contributed by atoms with van der Waals surface area (Å²) in [6.45, 7) is 6.13. The molecule has 0 unspecified atom stereocenters. The van der Waals surface area contributed by atoms with Crippen molar-refractivity contribution < 1.29 is 14.3 Å². The molecule has 0 atom stereocenters. The molecule has 37 heavy (non-hydrogen) atoms. The minimum absolute atomic E-state index is 0.246. The first-order valence-corrected chi connectivity index (χ1v) is 12.2. The van der Waals surface area contributed by atoms with Crippen molar-refractivity contribution in [3.63, 3.8) is 0 Å². The van der Waals surface area contributed by atoms with Gasteiger partial charge in [-0.25, -0.2) is 4.99 Å². The summed E-state index contributed by atoms with van der Waals surface area (Å²) in [4.78, 5) is 33.6. The number of nitrogens with zero attached hydrogens (tertiary/aromatic N) is 3. The SMILES string of the molecule is CCOc1ccc(C(C)(C)C(=O)NN2C(=O)C(=Cc3ccc(N(C)C)cc3)N=C2c2ccccc2)cc1. The van der Waals surface area contributed by atoms with Gasteiger partial charge >= 0.3 is 0 Å². The first-order valence-electron chi connectivity index (χ1n) is 12.2. The lowest BCUT2D eigenvalue weighted by Crippen LogP contribution is -2.52. The van der Waals surface area contributed by atoms with Crippen LogP contribution in [0.25, 0.3) is 6.08 Å². The summed E-state index contributed by atoms with van der Waals surface area (Å²) in [5.74, 6) is 0.387. The van der Waals surface area contributed by atoms with Crippen molar-refractivity contribution in [2.45, 2.75) is 26.2 Å². The second-order valence-corrected chi connectivity index (χ2v) is 9.48. The first-order chi connectivity index (χ1) is 17.7. The van der Waals surface area contributed by atoms with Crippen LogP contribution < -0.4 is 15.1 Å². The van der Waals surface area contributed by atoms with Gasteiger partial charge in [-0.05, 0) is 62.2 Å². The van der Waals surface area contributed by atoms with E-state index in [0.717, 1.165) is 28.1 Å². The van der Waals surface area contributed by atoms with Gasteiger partial charge in [-0.15, -0.1) is 0 Å². The molecule has 1 heterocycles. The molecule has 7 nitrogen and oxygen atoms in total. The van der Waals surface area contributed by atoms with Crippen LogP contribution in [0.3, 0.4) is 0 Å². The van der Waals surface area contributed by atoms with Crippen molar-refractivity contribution in [1.82, 2.24) is 10.4 Å². The molecule has 0 aliphatic carbocycles. The van der Waals surface area contributed by atoms with E-state index >= 15 is 0 Å². The molecule has 1 aliphatic rings. The molecule has 190 valence electrons. The lowest BCUT2D eigenvalue weighted by atomic mass is 9.84. The van der Waals surface area contributed by atoms with Gasteiger partial charge in [-0.3, -0.25) is 15.0 Å². The fourth-order valence-electron chi connectivity index (χ4n) is 3.93.